The number of hydrogen-bond donors (Lipinski definition) is 1. The number of benzene rings is 2. The summed E-state index contributed by atoms with van der Waals surface area (Å²) >= 11 is 18.2. The van der Waals surface area contributed by atoms with Gasteiger partial charge in [-0.3, -0.25) is 14.3 Å². The lowest BCUT2D eigenvalue weighted by atomic mass is 10.1. The molecule has 1 N–H and O–H groups in total. The lowest BCUT2D eigenvalue weighted by Gasteiger charge is -2.05. The number of ketones is 1. The average Bonchev–Trinajstić information content (AvgIpc) is 3.42. The van der Waals surface area contributed by atoms with E-state index >= 15 is 0 Å². The number of nitrogens with zero attached hydrogens (tertiary/aromatic N) is 2. The quantitative estimate of drug-likeness (QED) is 0.268. The van der Waals surface area contributed by atoms with Gasteiger partial charge in [-0.25, -0.2) is 0 Å². The molecule has 0 saturated heterocycles. The van der Waals surface area contributed by atoms with Crippen molar-refractivity contribution >= 4 is 52.3 Å². The molecule has 2 aromatic carbocycles. The van der Waals surface area contributed by atoms with E-state index in [2.05, 4.69) is 10.4 Å². The van der Waals surface area contributed by atoms with Crippen molar-refractivity contribution in [2.75, 3.05) is 5.32 Å². The molecule has 0 aliphatic rings. The second-order valence-electron chi connectivity index (χ2n) is 7.36. The van der Waals surface area contributed by atoms with Crippen LogP contribution >= 0.6 is 34.8 Å². The number of amides is 1. The second-order valence-corrected chi connectivity index (χ2v) is 8.58. The lowest BCUT2D eigenvalue weighted by Crippen LogP contribution is -2.12. The van der Waals surface area contributed by atoms with Gasteiger partial charge in [0, 0.05) is 11.8 Å². The van der Waals surface area contributed by atoms with Crippen molar-refractivity contribution < 1.29 is 18.7 Å². The topological polar surface area (TPSA) is 86.4 Å². The maximum atomic E-state index is 12.6. The van der Waals surface area contributed by atoms with Gasteiger partial charge in [-0.05, 0) is 61.0 Å². The van der Waals surface area contributed by atoms with Crippen molar-refractivity contribution in [3.05, 3.63) is 98.5 Å². The maximum Gasteiger partial charge on any atom is 0.292 e. The van der Waals surface area contributed by atoms with Crippen LogP contribution in [0.3, 0.4) is 0 Å². The molecule has 0 saturated carbocycles. The highest BCUT2D eigenvalue weighted by Crippen LogP contribution is 2.25. The van der Waals surface area contributed by atoms with E-state index in [1.807, 2.05) is 6.07 Å². The predicted octanol–water partition coefficient (Wildman–Crippen LogP) is 6.52. The van der Waals surface area contributed by atoms with Crippen molar-refractivity contribution in [1.29, 1.82) is 0 Å². The van der Waals surface area contributed by atoms with Crippen molar-refractivity contribution in [1.82, 2.24) is 9.78 Å². The number of carbonyl (C=O) groups is 2. The van der Waals surface area contributed by atoms with Crippen LogP contribution in [0.4, 0.5) is 5.82 Å². The molecule has 0 fully saturated rings. The maximum absolute atomic E-state index is 12.6. The Balaban J connectivity index is 1.36. The molecule has 4 rings (SSSR count). The summed E-state index contributed by atoms with van der Waals surface area (Å²) in [6.45, 7) is 2.01. The monoisotopic (exact) mass is 517 g/mol. The molecule has 2 heterocycles. The first-order chi connectivity index (χ1) is 16.3. The van der Waals surface area contributed by atoms with Crippen LogP contribution in [0.2, 0.25) is 15.1 Å². The zero-order chi connectivity index (χ0) is 24.2. The number of carbonyl (C=O) groups excluding carboxylic acids is 2. The van der Waals surface area contributed by atoms with Crippen LogP contribution in [-0.4, -0.2) is 21.5 Å². The van der Waals surface area contributed by atoms with Gasteiger partial charge >= 0.3 is 0 Å². The first-order valence-electron chi connectivity index (χ1n) is 10.1. The Bertz CT molecular complexity index is 1350. The third-order valence-electron chi connectivity index (χ3n) is 4.80. The fraction of sp³-hybridized carbons (Fsp3) is 0.125. The Kier molecular flexibility index (Phi) is 7.26. The second kappa shape index (κ2) is 10.3. The van der Waals surface area contributed by atoms with Gasteiger partial charge in [-0.1, -0.05) is 40.9 Å². The van der Waals surface area contributed by atoms with Gasteiger partial charge in [0.25, 0.3) is 5.91 Å². The zero-order valence-electron chi connectivity index (χ0n) is 17.8. The van der Waals surface area contributed by atoms with E-state index in [0.717, 1.165) is 5.56 Å². The third kappa shape index (κ3) is 5.80. The van der Waals surface area contributed by atoms with Crippen LogP contribution in [0, 0.1) is 0 Å². The fourth-order valence-electron chi connectivity index (χ4n) is 3.07. The van der Waals surface area contributed by atoms with E-state index < -0.39 is 5.91 Å². The smallest absolute Gasteiger partial charge is 0.292 e. The fourth-order valence-corrected chi connectivity index (χ4v) is 3.59. The SMILES string of the molecule is CC(=O)c1ccc(OCc2ccc(C(=O)Nc3nn(Cc4ccc(Cl)c(Cl)c4)cc3Cl)o2)cc1. The Morgan fingerprint density at radius 2 is 1.76 bits per heavy atom. The van der Waals surface area contributed by atoms with Crippen molar-refractivity contribution in [3.63, 3.8) is 0 Å². The number of ether oxygens (including phenoxy) is 1. The molecule has 0 spiro atoms. The van der Waals surface area contributed by atoms with Crippen LogP contribution in [-0.2, 0) is 13.2 Å². The van der Waals surface area contributed by atoms with Gasteiger partial charge in [-0.2, -0.15) is 5.10 Å². The molecule has 0 bridgehead atoms. The van der Waals surface area contributed by atoms with Crippen LogP contribution in [0.1, 0.15) is 39.2 Å². The van der Waals surface area contributed by atoms with Crippen molar-refractivity contribution in [3.8, 4) is 5.75 Å². The summed E-state index contributed by atoms with van der Waals surface area (Å²) in [5, 5.41) is 8.13. The summed E-state index contributed by atoms with van der Waals surface area (Å²) < 4.78 is 12.8. The van der Waals surface area contributed by atoms with Gasteiger partial charge < -0.3 is 14.5 Å². The van der Waals surface area contributed by atoms with Gasteiger partial charge in [-0.15, -0.1) is 0 Å². The Morgan fingerprint density at radius 1 is 1.00 bits per heavy atom. The minimum atomic E-state index is -0.501. The highest BCUT2D eigenvalue weighted by atomic mass is 35.5. The summed E-state index contributed by atoms with van der Waals surface area (Å²) in [6, 6.07) is 15.2. The number of aromatic nitrogens is 2. The van der Waals surface area contributed by atoms with Crippen LogP contribution in [0.15, 0.2) is 65.2 Å². The number of nitrogens with one attached hydrogen (secondary N) is 1. The van der Waals surface area contributed by atoms with E-state index in [4.69, 9.17) is 44.0 Å². The Morgan fingerprint density at radius 3 is 2.47 bits per heavy atom. The first-order valence-corrected chi connectivity index (χ1v) is 11.2. The number of furan rings is 1. The molecule has 34 heavy (non-hydrogen) atoms. The molecule has 0 radical (unpaired) electrons. The molecule has 0 aliphatic heterocycles. The summed E-state index contributed by atoms with van der Waals surface area (Å²) in [5.74, 6) is 0.794. The standard InChI is InChI=1S/C24H18Cl3N3O4/c1-14(31)16-3-5-17(6-4-16)33-13-18-7-9-22(34-18)24(32)28-23-21(27)12-30(29-23)11-15-2-8-19(25)20(26)10-15/h2-10,12H,11,13H2,1H3,(H,28,29,32). The van der Waals surface area contributed by atoms with Crippen LogP contribution in [0.25, 0.3) is 0 Å². The van der Waals surface area contributed by atoms with E-state index in [0.29, 0.717) is 33.7 Å². The molecular formula is C24H18Cl3N3O4. The molecular weight excluding hydrogens is 501 g/mol. The molecule has 0 aliphatic carbocycles. The lowest BCUT2D eigenvalue weighted by molar-refractivity contribution is 0.0990. The van der Waals surface area contributed by atoms with Gasteiger partial charge in [0.1, 0.15) is 23.1 Å². The normalized spacial score (nSPS) is 10.8. The number of rotatable bonds is 8. The van der Waals surface area contributed by atoms with E-state index in [9.17, 15) is 9.59 Å². The van der Waals surface area contributed by atoms with Crippen LogP contribution < -0.4 is 10.1 Å². The number of halogens is 3. The number of hydrogen-bond acceptors (Lipinski definition) is 5. The molecule has 4 aromatic rings. The van der Waals surface area contributed by atoms with Crippen molar-refractivity contribution in [2.45, 2.75) is 20.1 Å². The molecule has 7 nitrogen and oxygen atoms in total. The average molecular weight is 519 g/mol. The van der Waals surface area contributed by atoms with Gasteiger partial charge in [0.05, 0.1) is 16.6 Å². The van der Waals surface area contributed by atoms with Crippen LogP contribution in [0.5, 0.6) is 5.75 Å². The van der Waals surface area contributed by atoms with E-state index in [1.54, 1.807) is 53.3 Å². The molecule has 1 amide bonds. The summed E-state index contributed by atoms with van der Waals surface area (Å²) in [7, 11) is 0. The summed E-state index contributed by atoms with van der Waals surface area (Å²) in [4.78, 5) is 23.9. The van der Waals surface area contributed by atoms with E-state index in [-0.39, 0.29) is 29.0 Å². The Labute approximate surface area is 210 Å². The summed E-state index contributed by atoms with van der Waals surface area (Å²) in [6.07, 6.45) is 1.60. The molecule has 0 atom stereocenters. The highest BCUT2D eigenvalue weighted by Gasteiger charge is 2.16. The third-order valence-corrected chi connectivity index (χ3v) is 5.82. The Hall–Kier alpha value is -3.26. The highest BCUT2D eigenvalue weighted by molar-refractivity contribution is 6.42. The molecule has 2 aromatic heterocycles. The number of anilines is 1. The molecule has 0 unspecified atom stereocenters. The summed E-state index contributed by atoms with van der Waals surface area (Å²) in [5.41, 5.74) is 1.47. The van der Waals surface area contributed by atoms with E-state index in [1.165, 1.54) is 13.0 Å². The largest absolute Gasteiger partial charge is 0.486 e. The zero-order valence-corrected chi connectivity index (χ0v) is 20.1. The number of Topliss-reactive ketones (excluding diaryl/α,β-unsaturated/α-hetero) is 1. The van der Waals surface area contributed by atoms with Crippen molar-refractivity contribution in [2.24, 2.45) is 0 Å². The molecule has 10 heteroatoms. The molecule has 174 valence electrons. The minimum absolute atomic E-state index is 0.0208. The van der Waals surface area contributed by atoms with Gasteiger partial charge in [0.2, 0.25) is 0 Å². The predicted molar refractivity (Wildman–Crippen MR) is 130 cm³/mol. The first kappa shape index (κ1) is 23.9. The minimum Gasteiger partial charge on any atom is -0.486 e. The van der Waals surface area contributed by atoms with Gasteiger partial charge in [0.15, 0.2) is 17.4 Å².